The van der Waals surface area contributed by atoms with Crippen molar-refractivity contribution in [2.75, 3.05) is 13.2 Å². The number of benzene rings is 2. The first kappa shape index (κ1) is 15.2. The maximum absolute atomic E-state index is 9.02. The SMILES string of the molecule is Cc1cc(C)cc(OCCOc2ccc(Cl)cc2C#N)c1. The Morgan fingerprint density at radius 3 is 2.33 bits per heavy atom. The molecular formula is C17H16ClNO2. The lowest BCUT2D eigenvalue weighted by atomic mass is 10.1. The van der Waals surface area contributed by atoms with E-state index in [9.17, 15) is 0 Å². The van der Waals surface area contributed by atoms with Crippen molar-refractivity contribution in [3.63, 3.8) is 0 Å². The Balaban J connectivity index is 1.89. The van der Waals surface area contributed by atoms with Crippen LogP contribution in [0.15, 0.2) is 36.4 Å². The van der Waals surface area contributed by atoms with E-state index in [1.54, 1.807) is 18.2 Å². The Kier molecular flexibility index (Phi) is 5.08. The summed E-state index contributed by atoms with van der Waals surface area (Å²) in [5, 5.41) is 9.54. The number of nitriles is 1. The molecule has 0 N–H and O–H groups in total. The van der Waals surface area contributed by atoms with Crippen LogP contribution in [0.1, 0.15) is 16.7 Å². The predicted octanol–water partition coefficient (Wildman–Crippen LogP) is 4.29. The third-order valence-electron chi connectivity index (χ3n) is 2.87. The Morgan fingerprint density at radius 1 is 1.00 bits per heavy atom. The number of hydrogen-bond acceptors (Lipinski definition) is 3. The molecule has 2 aromatic carbocycles. The van der Waals surface area contributed by atoms with Crippen molar-refractivity contribution in [3.8, 4) is 17.6 Å². The van der Waals surface area contributed by atoms with Gasteiger partial charge in [0.05, 0.1) is 5.56 Å². The van der Waals surface area contributed by atoms with Gasteiger partial charge in [-0.3, -0.25) is 0 Å². The number of rotatable bonds is 5. The van der Waals surface area contributed by atoms with Crippen LogP contribution in [0.3, 0.4) is 0 Å². The molecule has 0 bridgehead atoms. The van der Waals surface area contributed by atoms with Crippen molar-refractivity contribution in [2.24, 2.45) is 0 Å². The van der Waals surface area contributed by atoms with Crippen LogP contribution >= 0.6 is 11.6 Å². The highest BCUT2D eigenvalue weighted by molar-refractivity contribution is 6.30. The molecule has 0 heterocycles. The Bertz CT molecular complexity index is 657. The van der Waals surface area contributed by atoms with E-state index in [4.69, 9.17) is 26.3 Å². The molecule has 0 fully saturated rings. The third kappa shape index (κ3) is 4.40. The summed E-state index contributed by atoms with van der Waals surface area (Å²) >= 11 is 5.84. The van der Waals surface area contributed by atoms with Crippen LogP contribution in [-0.4, -0.2) is 13.2 Å². The number of nitrogens with zero attached hydrogens (tertiary/aromatic N) is 1. The first-order chi connectivity index (χ1) is 10.1. The van der Waals surface area contributed by atoms with Gasteiger partial charge in [0.1, 0.15) is 30.8 Å². The Hall–Kier alpha value is -2.18. The molecule has 0 saturated heterocycles. The van der Waals surface area contributed by atoms with Crippen molar-refractivity contribution in [1.29, 1.82) is 5.26 Å². The zero-order valence-electron chi connectivity index (χ0n) is 12.0. The molecule has 0 atom stereocenters. The van der Waals surface area contributed by atoms with Crippen LogP contribution < -0.4 is 9.47 Å². The average molecular weight is 302 g/mol. The average Bonchev–Trinajstić information content (AvgIpc) is 2.43. The second-order valence-corrected chi connectivity index (χ2v) is 5.21. The van der Waals surface area contributed by atoms with E-state index < -0.39 is 0 Å². The largest absolute Gasteiger partial charge is 0.490 e. The van der Waals surface area contributed by atoms with Gasteiger partial charge in [-0.15, -0.1) is 0 Å². The summed E-state index contributed by atoms with van der Waals surface area (Å²) < 4.78 is 11.2. The summed E-state index contributed by atoms with van der Waals surface area (Å²) in [6.07, 6.45) is 0. The standard InChI is InChI=1S/C17H16ClNO2/c1-12-7-13(2)9-16(8-12)20-5-6-21-17-4-3-15(18)10-14(17)11-19/h3-4,7-10H,5-6H2,1-2H3. The molecule has 0 radical (unpaired) electrons. The highest BCUT2D eigenvalue weighted by Crippen LogP contribution is 2.22. The summed E-state index contributed by atoms with van der Waals surface area (Å²) in [4.78, 5) is 0. The monoisotopic (exact) mass is 301 g/mol. The summed E-state index contributed by atoms with van der Waals surface area (Å²) in [6.45, 7) is 4.84. The van der Waals surface area contributed by atoms with Gasteiger partial charge in [0.2, 0.25) is 0 Å². The zero-order valence-corrected chi connectivity index (χ0v) is 12.8. The van der Waals surface area contributed by atoms with E-state index in [0.717, 1.165) is 16.9 Å². The smallest absolute Gasteiger partial charge is 0.137 e. The molecule has 0 aliphatic rings. The topological polar surface area (TPSA) is 42.2 Å². The van der Waals surface area contributed by atoms with Gasteiger partial charge in [0, 0.05) is 5.02 Å². The van der Waals surface area contributed by atoms with Gasteiger partial charge in [-0.2, -0.15) is 5.26 Å². The molecule has 4 heteroatoms. The van der Waals surface area contributed by atoms with Crippen LogP contribution in [0.5, 0.6) is 11.5 Å². The van der Waals surface area contributed by atoms with E-state index in [-0.39, 0.29) is 0 Å². The fraction of sp³-hybridized carbons (Fsp3) is 0.235. The minimum absolute atomic E-state index is 0.364. The zero-order chi connectivity index (χ0) is 15.2. The second kappa shape index (κ2) is 7.01. The minimum atomic E-state index is 0.364. The van der Waals surface area contributed by atoms with Gasteiger partial charge in [-0.1, -0.05) is 17.7 Å². The number of hydrogen-bond donors (Lipinski definition) is 0. The molecule has 0 amide bonds. The van der Waals surface area contributed by atoms with Crippen LogP contribution in [0.25, 0.3) is 0 Å². The lowest BCUT2D eigenvalue weighted by Gasteiger charge is -2.10. The molecule has 0 spiro atoms. The number of aryl methyl sites for hydroxylation is 2. The van der Waals surface area contributed by atoms with Crippen molar-refractivity contribution in [3.05, 3.63) is 58.1 Å². The maximum atomic E-state index is 9.02. The predicted molar refractivity (Wildman–Crippen MR) is 83.1 cm³/mol. The van der Waals surface area contributed by atoms with Crippen LogP contribution in [-0.2, 0) is 0 Å². The van der Waals surface area contributed by atoms with E-state index in [2.05, 4.69) is 12.1 Å². The van der Waals surface area contributed by atoms with Crippen molar-refractivity contribution >= 4 is 11.6 Å². The first-order valence-corrected chi connectivity index (χ1v) is 7.00. The van der Waals surface area contributed by atoms with Gasteiger partial charge in [-0.05, 0) is 55.3 Å². The number of ether oxygens (including phenoxy) is 2. The molecule has 108 valence electrons. The maximum Gasteiger partial charge on any atom is 0.137 e. The highest BCUT2D eigenvalue weighted by Gasteiger charge is 2.04. The highest BCUT2D eigenvalue weighted by atomic mass is 35.5. The van der Waals surface area contributed by atoms with Crippen molar-refractivity contribution in [2.45, 2.75) is 13.8 Å². The normalized spacial score (nSPS) is 10.0. The van der Waals surface area contributed by atoms with Crippen molar-refractivity contribution in [1.82, 2.24) is 0 Å². The van der Waals surface area contributed by atoms with Gasteiger partial charge < -0.3 is 9.47 Å². The molecule has 0 aliphatic carbocycles. The first-order valence-electron chi connectivity index (χ1n) is 6.62. The van der Waals surface area contributed by atoms with Gasteiger partial charge in [-0.25, -0.2) is 0 Å². The molecule has 0 aromatic heterocycles. The lowest BCUT2D eigenvalue weighted by molar-refractivity contribution is 0.216. The van der Waals surface area contributed by atoms with Crippen LogP contribution in [0.2, 0.25) is 5.02 Å². The van der Waals surface area contributed by atoms with E-state index in [0.29, 0.717) is 29.5 Å². The third-order valence-corrected chi connectivity index (χ3v) is 3.10. The van der Waals surface area contributed by atoms with Crippen molar-refractivity contribution < 1.29 is 9.47 Å². The fourth-order valence-electron chi connectivity index (χ4n) is 2.04. The molecule has 2 rings (SSSR count). The number of halogens is 1. The van der Waals surface area contributed by atoms with E-state index in [1.807, 2.05) is 26.0 Å². The molecule has 2 aromatic rings. The lowest BCUT2D eigenvalue weighted by Crippen LogP contribution is -2.09. The molecule has 21 heavy (non-hydrogen) atoms. The van der Waals surface area contributed by atoms with Gasteiger partial charge in [0.25, 0.3) is 0 Å². The van der Waals surface area contributed by atoms with E-state index in [1.165, 1.54) is 0 Å². The Morgan fingerprint density at radius 2 is 1.67 bits per heavy atom. The second-order valence-electron chi connectivity index (χ2n) is 4.77. The van der Waals surface area contributed by atoms with Crippen LogP contribution in [0.4, 0.5) is 0 Å². The summed E-state index contributed by atoms with van der Waals surface area (Å²) in [5.74, 6) is 1.35. The van der Waals surface area contributed by atoms with Gasteiger partial charge >= 0.3 is 0 Å². The molecular weight excluding hydrogens is 286 g/mol. The minimum Gasteiger partial charge on any atom is -0.490 e. The van der Waals surface area contributed by atoms with Gasteiger partial charge in [0.15, 0.2) is 0 Å². The summed E-state index contributed by atoms with van der Waals surface area (Å²) in [7, 11) is 0. The van der Waals surface area contributed by atoms with Crippen LogP contribution in [0, 0.1) is 25.2 Å². The molecule has 0 saturated carbocycles. The summed E-state index contributed by atoms with van der Waals surface area (Å²) in [5.41, 5.74) is 2.75. The molecule has 0 unspecified atom stereocenters. The molecule has 0 aliphatic heterocycles. The molecule has 3 nitrogen and oxygen atoms in total. The fourth-order valence-corrected chi connectivity index (χ4v) is 2.21. The Labute approximate surface area is 129 Å². The summed E-state index contributed by atoms with van der Waals surface area (Å²) in [6, 6.07) is 13.1. The van der Waals surface area contributed by atoms with E-state index >= 15 is 0 Å². The quantitative estimate of drug-likeness (QED) is 0.774.